The van der Waals surface area contributed by atoms with Crippen molar-refractivity contribution < 1.29 is 9.53 Å². The van der Waals surface area contributed by atoms with Crippen LogP contribution in [-0.4, -0.2) is 17.1 Å². The average molecular weight is 348 g/mol. The summed E-state index contributed by atoms with van der Waals surface area (Å²) in [5.41, 5.74) is 3.11. The second kappa shape index (κ2) is 8.39. The number of aromatic nitrogens is 1. The number of ether oxygens (including phenoxy) is 1. The van der Waals surface area contributed by atoms with Crippen LogP contribution in [-0.2, 0) is 4.79 Å². The number of nitrogens with one attached hydrogen (secondary N) is 1. The highest BCUT2D eigenvalue weighted by Crippen LogP contribution is 2.26. The van der Waals surface area contributed by atoms with E-state index in [1.165, 1.54) is 5.56 Å². The number of hydrogen-bond acceptors (Lipinski definition) is 2. The minimum atomic E-state index is -0.0334. The third-order valence-corrected chi connectivity index (χ3v) is 4.36. The van der Waals surface area contributed by atoms with Gasteiger partial charge in [0, 0.05) is 18.1 Å². The molecular formula is C22H24N2O2. The zero-order valence-corrected chi connectivity index (χ0v) is 15.2. The van der Waals surface area contributed by atoms with Crippen molar-refractivity contribution in [1.82, 2.24) is 4.57 Å². The molecule has 134 valence electrons. The first-order valence-electron chi connectivity index (χ1n) is 8.88. The average Bonchev–Trinajstić information content (AvgIpc) is 3.17. The van der Waals surface area contributed by atoms with E-state index >= 15 is 0 Å². The van der Waals surface area contributed by atoms with Crippen LogP contribution in [0.15, 0.2) is 73.1 Å². The number of rotatable bonds is 7. The third-order valence-electron chi connectivity index (χ3n) is 4.36. The van der Waals surface area contributed by atoms with Gasteiger partial charge in [-0.2, -0.15) is 0 Å². The number of anilines is 1. The second-order valence-corrected chi connectivity index (χ2v) is 6.21. The third kappa shape index (κ3) is 4.33. The van der Waals surface area contributed by atoms with Crippen LogP contribution in [0.4, 0.5) is 5.69 Å². The molecule has 1 amide bonds. The number of hydrogen-bond donors (Lipinski definition) is 1. The Morgan fingerprint density at radius 2 is 1.73 bits per heavy atom. The molecule has 0 aliphatic rings. The van der Waals surface area contributed by atoms with Crippen molar-refractivity contribution in [2.24, 2.45) is 0 Å². The highest BCUT2D eigenvalue weighted by Gasteiger charge is 2.19. The molecular weight excluding hydrogens is 324 g/mol. The first-order valence-corrected chi connectivity index (χ1v) is 8.88. The van der Waals surface area contributed by atoms with Crippen molar-refractivity contribution in [2.75, 3.05) is 11.9 Å². The van der Waals surface area contributed by atoms with Crippen molar-refractivity contribution >= 4 is 11.6 Å². The van der Waals surface area contributed by atoms with E-state index in [0.717, 1.165) is 17.0 Å². The Hall–Kier alpha value is -3.01. The molecule has 2 aromatic carbocycles. The summed E-state index contributed by atoms with van der Waals surface area (Å²) in [5, 5.41) is 2.99. The molecule has 0 bridgehead atoms. The number of carbonyl (C=O) groups is 1. The minimum Gasteiger partial charge on any atom is -0.494 e. The summed E-state index contributed by atoms with van der Waals surface area (Å²) in [5.74, 6) is 0.784. The summed E-state index contributed by atoms with van der Waals surface area (Å²) < 4.78 is 7.52. The highest BCUT2D eigenvalue weighted by atomic mass is 16.5. The van der Waals surface area contributed by atoms with E-state index in [1.807, 2.05) is 67.8 Å². The van der Waals surface area contributed by atoms with Crippen LogP contribution in [0.25, 0.3) is 0 Å². The Bertz CT molecular complexity index is 839. The van der Waals surface area contributed by atoms with Gasteiger partial charge < -0.3 is 14.6 Å². The molecule has 26 heavy (non-hydrogen) atoms. The Morgan fingerprint density at radius 1 is 1.04 bits per heavy atom. The normalized spacial score (nSPS) is 11.8. The minimum absolute atomic E-state index is 0.0175. The van der Waals surface area contributed by atoms with E-state index in [-0.39, 0.29) is 11.9 Å². The molecule has 1 N–H and O–H groups in total. The van der Waals surface area contributed by atoms with Crippen molar-refractivity contribution in [3.05, 3.63) is 84.2 Å². The van der Waals surface area contributed by atoms with Crippen LogP contribution >= 0.6 is 0 Å². The van der Waals surface area contributed by atoms with Crippen LogP contribution in [0.3, 0.4) is 0 Å². The Balaban J connectivity index is 1.74. The van der Waals surface area contributed by atoms with Crippen molar-refractivity contribution in [3.63, 3.8) is 0 Å². The van der Waals surface area contributed by atoms with Crippen LogP contribution in [0.2, 0.25) is 0 Å². The van der Waals surface area contributed by atoms with Gasteiger partial charge in [-0.05, 0) is 61.4 Å². The van der Waals surface area contributed by atoms with E-state index in [4.69, 9.17) is 4.74 Å². The summed E-state index contributed by atoms with van der Waals surface area (Å²) >= 11 is 0. The van der Waals surface area contributed by atoms with Gasteiger partial charge in [0.15, 0.2) is 0 Å². The lowest BCUT2D eigenvalue weighted by Gasteiger charge is -2.21. The van der Waals surface area contributed by atoms with E-state index in [2.05, 4.69) is 28.9 Å². The van der Waals surface area contributed by atoms with Crippen molar-refractivity contribution in [2.45, 2.75) is 26.3 Å². The van der Waals surface area contributed by atoms with E-state index in [0.29, 0.717) is 13.0 Å². The Labute approximate surface area is 154 Å². The molecule has 0 saturated heterocycles. The quantitative estimate of drug-likeness (QED) is 0.665. The fourth-order valence-electron chi connectivity index (χ4n) is 3.08. The molecule has 3 rings (SSSR count). The smallest absolute Gasteiger partial charge is 0.226 e. The molecule has 4 nitrogen and oxygen atoms in total. The molecule has 0 fully saturated rings. The predicted molar refractivity (Wildman–Crippen MR) is 105 cm³/mol. The van der Waals surface area contributed by atoms with Gasteiger partial charge in [-0.3, -0.25) is 4.79 Å². The van der Waals surface area contributed by atoms with Crippen LogP contribution < -0.4 is 10.1 Å². The highest BCUT2D eigenvalue weighted by molar-refractivity contribution is 5.91. The van der Waals surface area contributed by atoms with Gasteiger partial charge in [-0.1, -0.05) is 24.3 Å². The van der Waals surface area contributed by atoms with E-state index in [9.17, 15) is 4.79 Å². The lowest BCUT2D eigenvalue weighted by molar-refractivity contribution is -0.116. The summed E-state index contributed by atoms with van der Waals surface area (Å²) in [6, 6.07) is 19.6. The Morgan fingerprint density at radius 3 is 2.38 bits per heavy atom. The molecule has 1 atom stereocenters. The molecule has 0 radical (unpaired) electrons. The molecule has 1 heterocycles. The maximum absolute atomic E-state index is 12.7. The predicted octanol–water partition coefficient (Wildman–Crippen LogP) is 4.81. The van der Waals surface area contributed by atoms with Crippen LogP contribution in [0.1, 0.15) is 30.5 Å². The lowest BCUT2D eigenvalue weighted by atomic mass is 9.98. The topological polar surface area (TPSA) is 43.3 Å². The molecule has 0 aliphatic carbocycles. The molecule has 1 aromatic heterocycles. The summed E-state index contributed by atoms with van der Waals surface area (Å²) in [6.07, 6.45) is 4.37. The standard InChI is InChI=1S/C22H24N2O2/c1-3-26-19-12-10-18(11-13-19)23-22(25)16-21(24-14-6-7-15-24)20-9-5-4-8-17(20)2/h4-15,21H,3,16H2,1-2H3,(H,23,25). The summed E-state index contributed by atoms with van der Waals surface area (Å²) in [4.78, 5) is 12.7. The zero-order chi connectivity index (χ0) is 18.4. The number of benzene rings is 2. The van der Waals surface area contributed by atoms with Gasteiger partial charge >= 0.3 is 0 Å². The fraction of sp³-hybridized carbons (Fsp3) is 0.227. The number of carbonyl (C=O) groups excluding carboxylic acids is 1. The van der Waals surface area contributed by atoms with Gasteiger partial charge in [0.05, 0.1) is 19.1 Å². The second-order valence-electron chi connectivity index (χ2n) is 6.21. The first kappa shape index (κ1) is 17.8. The molecule has 1 unspecified atom stereocenters. The van der Waals surface area contributed by atoms with Gasteiger partial charge in [0.25, 0.3) is 0 Å². The summed E-state index contributed by atoms with van der Waals surface area (Å²) in [6.45, 7) is 4.65. The number of aryl methyl sites for hydroxylation is 1. The van der Waals surface area contributed by atoms with Gasteiger partial charge in [0.1, 0.15) is 5.75 Å². The van der Waals surface area contributed by atoms with E-state index in [1.54, 1.807) is 0 Å². The zero-order valence-electron chi connectivity index (χ0n) is 15.2. The lowest BCUT2D eigenvalue weighted by Crippen LogP contribution is -2.20. The molecule has 0 spiro atoms. The van der Waals surface area contributed by atoms with Gasteiger partial charge in [-0.15, -0.1) is 0 Å². The number of nitrogens with zero attached hydrogens (tertiary/aromatic N) is 1. The molecule has 3 aromatic rings. The molecule has 0 aliphatic heterocycles. The SMILES string of the molecule is CCOc1ccc(NC(=O)CC(c2ccccc2C)n2cccc2)cc1. The van der Waals surface area contributed by atoms with Crippen LogP contribution in [0, 0.1) is 6.92 Å². The van der Waals surface area contributed by atoms with Crippen molar-refractivity contribution in [1.29, 1.82) is 0 Å². The van der Waals surface area contributed by atoms with Gasteiger partial charge in [0.2, 0.25) is 5.91 Å². The Kier molecular flexibility index (Phi) is 5.74. The first-order chi connectivity index (χ1) is 12.7. The summed E-state index contributed by atoms with van der Waals surface area (Å²) in [7, 11) is 0. The maximum atomic E-state index is 12.7. The van der Waals surface area contributed by atoms with E-state index < -0.39 is 0 Å². The molecule has 4 heteroatoms. The number of amides is 1. The monoisotopic (exact) mass is 348 g/mol. The molecule has 0 saturated carbocycles. The fourth-order valence-corrected chi connectivity index (χ4v) is 3.08. The largest absolute Gasteiger partial charge is 0.494 e. The van der Waals surface area contributed by atoms with Crippen LogP contribution in [0.5, 0.6) is 5.75 Å². The van der Waals surface area contributed by atoms with Gasteiger partial charge in [-0.25, -0.2) is 0 Å². The maximum Gasteiger partial charge on any atom is 0.226 e. The van der Waals surface area contributed by atoms with Crippen molar-refractivity contribution in [3.8, 4) is 5.75 Å².